The summed E-state index contributed by atoms with van der Waals surface area (Å²) in [5.74, 6) is -0.291. The van der Waals surface area contributed by atoms with Crippen molar-refractivity contribution in [3.05, 3.63) is 34.6 Å². The normalized spacial score (nSPS) is 18.8. The van der Waals surface area contributed by atoms with Crippen LogP contribution in [0.15, 0.2) is 18.2 Å². The maximum Gasteiger partial charge on any atom is 0.146 e. The van der Waals surface area contributed by atoms with Crippen LogP contribution in [0.4, 0.5) is 4.39 Å². The lowest BCUT2D eigenvalue weighted by atomic mass is 9.76. The molecule has 1 N–H and O–H groups in total. The van der Waals surface area contributed by atoms with Gasteiger partial charge in [0.1, 0.15) is 5.82 Å². The summed E-state index contributed by atoms with van der Waals surface area (Å²) in [4.78, 5) is 0. The number of hydrogen-bond donors (Lipinski definition) is 1. The van der Waals surface area contributed by atoms with Crippen LogP contribution in [-0.4, -0.2) is 6.54 Å². The maximum absolute atomic E-state index is 13.7. The lowest BCUT2D eigenvalue weighted by Gasteiger charge is -2.33. The molecule has 1 aromatic carbocycles. The predicted molar refractivity (Wildman–Crippen MR) is 74.3 cm³/mol. The van der Waals surface area contributed by atoms with Gasteiger partial charge in [-0.05, 0) is 24.3 Å². The van der Waals surface area contributed by atoms with Gasteiger partial charge in [-0.25, -0.2) is 4.39 Å². The van der Waals surface area contributed by atoms with E-state index in [1.807, 2.05) is 0 Å². The fraction of sp³-hybridized carbons (Fsp3) is 0.600. The molecular formula is C15H21ClFN. The van der Waals surface area contributed by atoms with E-state index in [0.29, 0.717) is 17.5 Å². The van der Waals surface area contributed by atoms with Crippen molar-refractivity contribution in [1.82, 2.24) is 5.32 Å². The minimum absolute atomic E-state index is 0.207. The summed E-state index contributed by atoms with van der Waals surface area (Å²) in [6, 6.07) is 5.17. The van der Waals surface area contributed by atoms with E-state index >= 15 is 0 Å². The molecule has 0 atom stereocenters. The Kier molecular flexibility index (Phi) is 4.63. The van der Waals surface area contributed by atoms with Crippen LogP contribution in [-0.2, 0) is 6.54 Å². The molecule has 1 nitrogen and oxygen atoms in total. The molecule has 0 aromatic heterocycles. The molecule has 0 heterocycles. The van der Waals surface area contributed by atoms with E-state index in [0.717, 1.165) is 6.54 Å². The Morgan fingerprint density at radius 3 is 2.72 bits per heavy atom. The van der Waals surface area contributed by atoms with Gasteiger partial charge in [0.25, 0.3) is 0 Å². The van der Waals surface area contributed by atoms with Crippen molar-refractivity contribution in [3.8, 4) is 0 Å². The minimum Gasteiger partial charge on any atom is -0.312 e. The lowest BCUT2D eigenvalue weighted by molar-refractivity contribution is 0.207. The molecule has 0 bridgehead atoms. The van der Waals surface area contributed by atoms with E-state index in [2.05, 4.69) is 12.2 Å². The van der Waals surface area contributed by atoms with Gasteiger partial charge in [-0.1, -0.05) is 49.9 Å². The average molecular weight is 270 g/mol. The Hall–Kier alpha value is -0.600. The Morgan fingerprint density at radius 1 is 1.28 bits per heavy atom. The van der Waals surface area contributed by atoms with Crippen LogP contribution >= 0.6 is 11.6 Å². The van der Waals surface area contributed by atoms with Gasteiger partial charge in [0.05, 0.1) is 5.02 Å². The highest BCUT2D eigenvalue weighted by atomic mass is 35.5. The molecule has 0 amide bonds. The number of halogens is 2. The number of hydrogen-bond acceptors (Lipinski definition) is 1. The lowest BCUT2D eigenvalue weighted by Crippen LogP contribution is -2.33. The second-order valence-electron chi connectivity index (χ2n) is 5.69. The summed E-state index contributed by atoms with van der Waals surface area (Å²) in [7, 11) is 0. The predicted octanol–water partition coefficient (Wildman–Crippen LogP) is 4.54. The van der Waals surface area contributed by atoms with Crippen LogP contribution in [0.25, 0.3) is 0 Å². The highest BCUT2D eigenvalue weighted by Crippen LogP contribution is 2.35. The molecule has 1 fully saturated rings. The van der Waals surface area contributed by atoms with Crippen molar-refractivity contribution in [1.29, 1.82) is 0 Å². The first-order chi connectivity index (χ1) is 8.61. The summed E-state index contributed by atoms with van der Waals surface area (Å²) in [6.45, 7) is 3.84. The summed E-state index contributed by atoms with van der Waals surface area (Å²) in [5.41, 5.74) is 1.04. The van der Waals surface area contributed by atoms with Crippen molar-refractivity contribution in [2.24, 2.45) is 5.41 Å². The zero-order valence-electron chi connectivity index (χ0n) is 10.9. The zero-order valence-corrected chi connectivity index (χ0v) is 11.7. The van der Waals surface area contributed by atoms with Gasteiger partial charge in [-0.2, -0.15) is 0 Å². The summed E-state index contributed by atoms with van der Waals surface area (Å²) < 4.78 is 13.7. The fourth-order valence-corrected chi connectivity index (χ4v) is 2.96. The molecule has 0 spiro atoms. The molecule has 100 valence electrons. The quantitative estimate of drug-likeness (QED) is 0.846. The van der Waals surface area contributed by atoms with Gasteiger partial charge in [0.15, 0.2) is 0 Å². The zero-order chi connectivity index (χ0) is 13.0. The highest BCUT2D eigenvalue weighted by molar-refractivity contribution is 6.30. The van der Waals surface area contributed by atoms with E-state index in [1.165, 1.54) is 32.1 Å². The third kappa shape index (κ3) is 3.46. The van der Waals surface area contributed by atoms with Crippen LogP contribution in [0.1, 0.15) is 44.6 Å². The van der Waals surface area contributed by atoms with Gasteiger partial charge in [0.2, 0.25) is 0 Å². The SMILES string of the molecule is CC1(CNCc2cccc(Cl)c2F)CCCCC1. The molecule has 1 saturated carbocycles. The molecule has 2 rings (SSSR count). The third-order valence-electron chi connectivity index (χ3n) is 3.96. The Bertz CT molecular complexity index is 399. The van der Waals surface area contributed by atoms with Gasteiger partial charge >= 0.3 is 0 Å². The van der Waals surface area contributed by atoms with Crippen LogP contribution < -0.4 is 5.32 Å². The van der Waals surface area contributed by atoms with Gasteiger partial charge < -0.3 is 5.32 Å². The first kappa shape index (κ1) is 13.8. The highest BCUT2D eigenvalue weighted by Gasteiger charge is 2.26. The number of benzene rings is 1. The summed E-state index contributed by atoms with van der Waals surface area (Å²) >= 11 is 5.77. The average Bonchev–Trinajstić information content (AvgIpc) is 2.35. The van der Waals surface area contributed by atoms with E-state index in [4.69, 9.17) is 11.6 Å². The van der Waals surface area contributed by atoms with Crippen molar-refractivity contribution in [3.63, 3.8) is 0 Å². The molecule has 1 aliphatic carbocycles. The summed E-state index contributed by atoms with van der Waals surface area (Å²) in [6.07, 6.45) is 6.56. The molecular weight excluding hydrogens is 249 g/mol. The van der Waals surface area contributed by atoms with E-state index in [-0.39, 0.29) is 10.8 Å². The van der Waals surface area contributed by atoms with Crippen LogP contribution in [0, 0.1) is 11.2 Å². The molecule has 1 aliphatic rings. The molecule has 3 heteroatoms. The van der Waals surface area contributed by atoms with Gasteiger partial charge in [-0.3, -0.25) is 0 Å². The monoisotopic (exact) mass is 269 g/mol. The van der Waals surface area contributed by atoms with E-state index in [9.17, 15) is 4.39 Å². The van der Waals surface area contributed by atoms with E-state index < -0.39 is 0 Å². The standard InChI is InChI=1S/C15H21ClFN/c1-15(8-3-2-4-9-15)11-18-10-12-6-5-7-13(16)14(12)17/h5-7,18H,2-4,8-11H2,1H3. The van der Waals surface area contributed by atoms with Crippen molar-refractivity contribution in [2.45, 2.75) is 45.6 Å². The smallest absolute Gasteiger partial charge is 0.146 e. The van der Waals surface area contributed by atoms with Crippen molar-refractivity contribution >= 4 is 11.6 Å². The summed E-state index contributed by atoms with van der Waals surface area (Å²) in [5, 5.41) is 3.59. The van der Waals surface area contributed by atoms with Crippen molar-refractivity contribution < 1.29 is 4.39 Å². The first-order valence-corrected chi connectivity index (χ1v) is 7.12. The Balaban J connectivity index is 1.86. The molecule has 0 aliphatic heterocycles. The van der Waals surface area contributed by atoms with Gasteiger partial charge in [-0.15, -0.1) is 0 Å². The van der Waals surface area contributed by atoms with Crippen LogP contribution in [0.2, 0.25) is 5.02 Å². The molecule has 0 radical (unpaired) electrons. The first-order valence-electron chi connectivity index (χ1n) is 6.74. The van der Waals surface area contributed by atoms with Crippen LogP contribution in [0.3, 0.4) is 0 Å². The Labute approximate surface area is 114 Å². The fourth-order valence-electron chi connectivity index (χ4n) is 2.77. The number of rotatable bonds is 4. The van der Waals surface area contributed by atoms with Gasteiger partial charge in [0, 0.05) is 18.7 Å². The van der Waals surface area contributed by atoms with E-state index in [1.54, 1.807) is 18.2 Å². The third-order valence-corrected chi connectivity index (χ3v) is 4.25. The molecule has 0 saturated heterocycles. The largest absolute Gasteiger partial charge is 0.312 e. The Morgan fingerprint density at radius 2 is 2.00 bits per heavy atom. The second-order valence-corrected chi connectivity index (χ2v) is 6.10. The number of nitrogens with one attached hydrogen (secondary N) is 1. The topological polar surface area (TPSA) is 12.0 Å². The second kappa shape index (κ2) is 6.03. The molecule has 1 aromatic rings. The minimum atomic E-state index is -0.291. The molecule has 18 heavy (non-hydrogen) atoms. The maximum atomic E-state index is 13.7. The van der Waals surface area contributed by atoms with Crippen LogP contribution in [0.5, 0.6) is 0 Å². The van der Waals surface area contributed by atoms with Crippen molar-refractivity contribution in [2.75, 3.05) is 6.54 Å². The molecule has 0 unspecified atom stereocenters.